The van der Waals surface area contributed by atoms with E-state index < -0.39 is 0 Å². The third-order valence-corrected chi connectivity index (χ3v) is 13.3. The molecule has 7 rings (SSSR count). The van der Waals surface area contributed by atoms with Gasteiger partial charge < -0.3 is 19.8 Å². The average molecular weight is 742 g/mol. The number of amides is 1. The van der Waals surface area contributed by atoms with Gasteiger partial charge in [0.1, 0.15) is 6.54 Å². The second kappa shape index (κ2) is 15.1. The smallest absolute Gasteiger partial charge is 0.222 e. The van der Waals surface area contributed by atoms with E-state index in [9.17, 15) is 9.90 Å². The molecule has 0 bridgehead atoms. The van der Waals surface area contributed by atoms with Crippen molar-refractivity contribution >= 4 is 28.7 Å². The van der Waals surface area contributed by atoms with Gasteiger partial charge in [-0.2, -0.15) is 4.58 Å². The van der Waals surface area contributed by atoms with Crippen LogP contribution in [0.1, 0.15) is 122 Å². The van der Waals surface area contributed by atoms with Gasteiger partial charge in [0, 0.05) is 92.2 Å². The predicted molar refractivity (Wildman–Crippen MR) is 230 cm³/mol. The lowest BCUT2D eigenvalue weighted by Crippen LogP contribution is -2.39. The van der Waals surface area contributed by atoms with Crippen molar-refractivity contribution in [3.63, 3.8) is 0 Å². The van der Waals surface area contributed by atoms with Crippen LogP contribution in [0, 0.1) is 0 Å². The standard InChI is InChI=1S/C49H65N4O2/c1-10-11-27-52-42-24-23-34(50(8)9)31-40(42)48(4,5)44(52)20-17-21-45-49(6,7)41-32-37-36-18-14-15-19-38(36)47(2,3)39(37)33-43(41)53(45)28-16-12-13-22-46(55)51-29-25-35(54)26-30-51/h14-15,17-21,23-24,31-33,35,54H,10-13,16,22,25-30H2,1-9H3/q+1. The largest absolute Gasteiger partial charge is 0.393 e. The molecule has 0 saturated carbocycles. The van der Waals surface area contributed by atoms with Gasteiger partial charge in [-0.25, -0.2) is 0 Å². The van der Waals surface area contributed by atoms with Crippen molar-refractivity contribution in [2.24, 2.45) is 0 Å². The van der Waals surface area contributed by atoms with Crippen molar-refractivity contribution in [1.29, 1.82) is 0 Å². The van der Waals surface area contributed by atoms with Crippen LogP contribution in [0.25, 0.3) is 11.1 Å². The lowest BCUT2D eigenvalue weighted by molar-refractivity contribution is -0.438. The Morgan fingerprint density at radius 3 is 2.31 bits per heavy atom. The first kappa shape index (κ1) is 39.1. The van der Waals surface area contributed by atoms with E-state index in [-0.39, 0.29) is 28.3 Å². The van der Waals surface area contributed by atoms with Crippen molar-refractivity contribution in [3.8, 4) is 11.1 Å². The first-order valence-electron chi connectivity index (χ1n) is 21.1. The molecule has 3 aromatic rings. The molecule has 0 atom stereocenters. The highest BCUT2D eigenvalue weighted by Crippen LogP contribution is 2.56. The number of hydrogen-bond donors (Lipinski definition) is 1. The number of piperidine rings is 1. The fourth-order valence-electron chi connectivity index (χ4n) is 9.83. The third-order valence-electron chi connectivity index (χ3n) is 13.3. The molecular formula is C49H65N4O2+. The van der Waals surface area contributed by atoms with Gasteiger partial charge in [-0.05, 0) is 97.7 Å². The van der Waals surface area contributed by atoms with Crippen molar-refractivity contribution in [2.75, 3.05) is 50.1 Å². The van der Waals surface area contributed by atoms with Crippen LogP contribution in [0.5, 0.6) is 0 Å². The summed E-state index contributed by atoms with van der Waals surface area (Å²) < 4.78 is 2.57. The molecule has 3 aromatic carbocycles. The monoisotopic (exact) mass is 742 g/mol. The zero-order valence-corrected chi connectivity index (χ0v) is 35.1. The van der Waals surface area contributed by atoms with Gasteiger partial charge in [-0.1, -0.05) is 77.8 Å². The number of carbonyl (C=O) groups is 1. The molecule has 1 amide bonds. The van der Waals surface area contributed by atoms with E-state index in [0.717, 1.165) is 45.2 Å². The van der Waals surface area contributed by atoms with Crippen molar-refractivity contribution < 1.29 is 14.5 Å². The molecular weight excluding hydrogens is 677 g/mol. The Kier molecular flexibility index (Phi) is 10.7. The van der Waals surface area contributed by atoms with Crippen molar-refractivity contribution in [2.45, 2.75) is 122 Å². The lowest BCUT2D eigenvalue weighted by Gasteiger charge is -2.29. The number of carbonyl (C=O) groups excluding carboxylic acids is 1. The summed E-state index contributed by atoms with van der Waals surface area (Å²) in [7, 11) is 4.25. The Hall–Kier alpha value is -4.16. The minimum atomic E-state index is -0.259. The van der Waals surface area contributed by atoms with Gasteiger partial charge in [0.05, 0.1) is 11.5 Å². The van der Waals surface area contributed by atoms with E-state index in [2.05, 4.69) is 150 Å². The summed E-state index contributed by atoms with van der Waals surface area (Å²) in [6.07, 6.45) is 14.1. The molecule has 6 heteroatoms. The van der Waals surface area contributed by atoms with E-state index in [0.29, 0.717) is 32.4 Å². The summed E-state index contributed by atoms with van der Waals surface area (Å²) in [4.78, 5) is 19.7. The fraction of sp³-hybridized carbons (Fsp3) is 0.510. The van der Waals surface area contributed by atoms with E-state index >= 15 is 0 Å². The maximum absolute atomic E-state index is 13.0. The van der Waals surface area contributed by atoms with Crippen LogP contribution >= 0.6 is 0 Å². The van der Waals surface area contributed by atoms with Gasteiger partial charge in [0.25, 0.3) is 0 Å². The molecule has 3 aliphatic heterocycles. The first-order valence-corrected chi connectivity index (χ1v) is 21.1. The molecule has 0 spiro atoms. The summed E-state index contributed by atoms with van der Waals surface area (Å²) in [5, 5.41) is 9.89. The van der Waals surface area contributed by atoms with Gasteiger partial charge in [-0.3, -0.25) is 4.79 Å². The number of fused-ring (bicyclic) bond motifs is 5. The molecule has 3 heterocycles. The lowest BCUT2D eigenvalue weighted by atomic mass is 9.79. The normalized spacial score (nSPS) is 20.0. The van der Waals surface area contributed by atoms with Crippen molar-refractivity contribution in [1.82, 2.24) is 4.90 Å². The Morgan fingerprint density at radius 2 is 1.58 bits per heavy atom. The minimum absolute atomic E-state index is 0.0674. The number of allylic oxidation sites excluding steroid dienone is 4. The van der Waals surface area contributed by atoms with E-state index in [1.807, 2.05) is 4.90 Å². The van der Waals surface area contributed by atoms with Crippen LogP contribution in [0.3, 0.4) is 0 Å². The number of nitrogens with zero attached hydrogens (tertiary/aromatic N) is 4. The first-order chi connectivity index (χ1) is 26.2. The molecule has 0 radical (unpaired) electrons. The topological polar surface area (TPSA) is 50.0 Å². The van der Waals surface area contributed by atoms with Gasteiger partial charge in [0.15, 0.2) is 5.71 Å². The Labute approximate surface area is 331 Å². The minimum Gasteiger partial charge on any atom is -0.393 e. The number of aliphatic hydroxyl groups is 1. The predicted octanol–water partition coefficient (Wildman–Crippen LogP) is 10.0. The number of anilines is 2. The van der Waals surface area contributed by atoms with Crippen LogP contribution in [-0.4, -0.2) is 72.6 Å². The maximum Gasteiger partial charge on any atom is 0.222 e. The summed E-state index contributed by atoms with van der Waals surface area (Å²) in [5.41, 5.74) is 14.6. The van der Waals surface area contributed by atoms with E-state index in [1.165, 1.54) is 61.9 Å². The second-order valence-electron chi connectivity index (χ2n) is 18.3. The molecule has 6 nitrogen and oxygen atoms in total. The van der Waals surface area contributed by atoms with Gasteiger partial charge >= 0.3 is 0 Å². The number of hydrogen-bond acceptors (Lipinski definition) is 4. The van der Waals surface area contributed by atoms with E-state index in [1.54, 1.807) is 0 Å². The van der Waals surface area contributed by atoms with Gasteiger partial charge in [0.2, 0.25) is 11.6 Å². The van der Waals surface area contributed by atoms with Gasteiger partial charge in [-0.15, -0.1) is 0 Å². The Balaban J connectivity index is 1.20. The van der Waals surface area contributed by atoms with Crippen LogP contribution in [0.2, 0.25) is 0 Å². The Bertz CT molecular complexity index is 2040. The van der Waals surface area contributed by atoms with Crippen LogP contribution < -0.4 is 9.80 Å². The van der Waals surface area contributed by atoms with Crippen LogP contribution in [-0.2, 0) is 21.0 Å². The van der Waals surface area contributed by atoms with Crippen LogP contribution in [0.15, 0.2) is 78.5 Å². The molecule has 1 fully saturated rings. The molecule has 0 unspecified atom stereocenters. The second-order valence-corrected chi connectivity index (χ2v) is 18.3. The highest BCUT2D eigenvalue weighted by atomic mass is 16.3. The average Bonchev–Trinajstić information content (AvgIpc) is 3.61. The third kappa shape index (κ3) is 6.98. The molecule has 1 aliphatic carbocycles. The molecule has 292 valence electrons. The fourth-order valence-corrected chi connectivity index (χ4v) is 9.83. The quantitative estimate of drug-likeness (QED) is 0.148. The molecule has 55 heavy (non-hydrogen) atoms. The molecule has 0 aromatic heterocycles. The van der Waals surface area contributed by atoms with Crippen molar-refractivity contribution in [3.05, 3.63) is 101 Å². The Morgan fingerprint density at radius 1 is 0.836 bits per heavy atom. The zero-order valence-electron chi connectivity index (χ0n) is 35.1. The van der Waals surface area contributed by atoms with E-state index in [4.69, 9.17) is 0 Å². The number of likely N-dealkylation sites (tertiary alicyclic amines) is 1. The summed E-state index contributed by atoms with van der Waals surface area (Å²) >= 11 is 0. The summed E-state index contributed by atoms with van der Waals surface area (Å²) in [6, 6.07) is 20.9. The summed E-state index contributed by atoms with van der Waals surface area (Å²) in [5.74, 6) is 0.239. The molecule has 1 saturated heterocycles. The number of unbranched alkanes of at least 4 members (excludes halogenated alkanes) is 3. The maximum atomic E-state index is 13.0. The molecule has 4 aliphatic rings. The summed E-state index contributed by atoms with van der Waals surface area (Å²) in [6.45, 7) is 19.9. The number of aliphatic hydroxyl groups excluding tert-OH is 1. The van der Waals surface area contributed by atoms with Crippen LogP contribution in [0.4, 0.5) is 17.1 Å². The zero-order chi connectivity index (χ0) is 39.3. The SMILES string of the molecule is CCCC[N+]1=C(/C=C/C=C2/N(CCCCCC(=O)N3CCC(O)CC3)c3cc4c(cc3C2(C)C)-c2ccccc2C4(C)C)C(C)(C)c2cc(N(C)C)ccc21. The number of rotatable bonds is 12. The highest BCUT2D eigenvalue weighted by Gasteiger charge is 2.46. The number of benzene rings is 3. The molecule has 1 N–H and O–H groups in total. The highest BCUT2D eigenvalue weighted by molar-refractivity contribution is 6.03.